The molecular formula is C19H27NO3. The summed E-state index contributed by atoms with van der Waals surface area (Å²) in [4.78, 5) is 13.4. The standard InChI is InChI=1S/C19H27NO3/c1-14-12-20(19(21)22-14)13-16-8-10-18(11-9-16)23-15(2)17-6-4-3-5-7-17/h8-11,14-15,17H,3-7,12-13H2,1-2H3/t14-,15?/m1/s1. The molecule has 0 radical (unpaired) electrons. The molecule has 1 saturated heterocycles. The molecule has 4 heteroatoms. The van der Waals surface area contributed by atoms with Crippen LogP contribution in [-0.4, -0.2) is 29.7 Å². The first-order chi connectivity index (χ1) is 11.1. The lowest BCUT2D eigenvalue weighted by Crippen LogP contribution is -2.25. The molecule has 126 valence electrons. The summed E-state index contributed by atoms with van der Waals surface area (Å²) in [6.45, 7) is 5.37. The number of rotatable bonds is 5. The lowest BCUT2D eigenvalue weighted by molar-refractivity contribution is 0.123. The number of benzene rings is 1. The van der Waals surface area contributed by atoms with Crippen molar-refractivity contribution >= 4 is 6.09 Å². The van der Waals surface area contributed by atoms with Crippen LogP contribution in [0.25, 0.3) is 0 Å². The van der Waals surface area contributed by atoms with E-state index in [-0.39, 0.29) is 18.3 Å². The van der Waals surface area contributed by atoms with Crippen molar-refractivity contribution in [3.8, 4) is 5.75 Å². The first-order valence-corrected chi connectivity index (χ1v) is 8.83. The molecule has 1 unspecified atom stereocenters. The van der Waals surface area contributed by atoms with Crippen molar-refractivity contribution in [1.29, 1.82) is 0 Å². The predicted octanol–water partition coefficient (Wildman–Crippen LogP) is 4.37. The minimum absolute atomic E-state index is 0.0125. The summed E-state index contributed by atoms with van der Waals surface area (Å²) in [5.41, 5.74) is 1.11. The molecule has 1 aliphatic carbocycles. The second-order valence-corrected chi connectivity index (χ2v) is 6.94. The number of ether oxygens (including phenoxy) is 2. The second-order valence-electron chi connectivity index (χ2n) is 6.94. The lowest BCUT2D eigenvalue weighted by Gasteiger charge is -2.28. The molecule has 2 aliphatic rings. The van der Waals surface area contributed by atoms with Gasteiger partial charge >= 0.3 is 6.09 Å². The molecule has 0 spiro atoms. The Bertz CT molecular complexity index is 522. The first-order valence-electron chi connectivity index (χ1n) is 8.83. The highest BCUT2D eigenvalue weighted by atomic mass is 16.6. The number of hydrogen-bond donors (Lipinski definition) is 0. The summed E-state index contributed by atoms with van der Waals surface area (Å²) >= 11 is 0. The molecule has 3 rings (SSSR count). The highest BCUT2D eigenvalue weighted by Crippen LogP contribution is 2.29. The van der Waals surface area contributed by atoms with Crippen LogP contribution in [0.4, 0.5) is 4.79 Å². The van der Waals surface area contributed by atoms with E-state index in [1.54, 1.807) is 4.90 Å². The van der Waals surface area contributed by atoms with E-state index in [9.17, 15) is 4.79 Å². The average molecular weight is 317 g/mol. The van der Waals surface area contributed by atoms with Gasteiger partial charge in [0.05, 0.1) is 12.6 Å². The molecule has 0 aromatic heterocycles. The average Bonchev–Trinajstić information content (AvgIpc) is 2.87. The Hall–Kier alpha value is -1.71. The number of nitrogens with zero attached hydrogens (tertiary/aromatic N) is 1. The molecule has 0 bridgehead atoms. The van der Waals surface area contributed by atoms with Crippen molar-refractivity contribution < 1.29 is 14.3 Å². The van der Waals surface area contributed by atoms with Gasteiger partial charge in [0, 0.05) is 6.54 Å². The summed E-state index contributed by atoms with van der Waals surface area (Å²) in [6, 6.07) is 8.11. The molecule has 1 saturated carbocycles. The zero-order valence-corrected chi connectivity index (χ0v) is 14.2. The number of hydrogen-bond acceptors (Lipinski definition) is 3. The zero-order chi connectivity index (χ0) is 16.2. The van der Waals surface area contributed by atoms with Crippen molar-refractivity contribution in [3.05, 3.63) is 29.8 Å². The Morgan fingerprint density at radius 3 is 2.52 bits per heavy atom. The quantitative estimate of drug-likeness (QED) is 0.809. The van der Waals surface area contributed by atoms with Crippen LogP contribution in [0, 0.1) is 5.92 Å². The van der Waals surface area contributed by atoms with Crippen LogP contribution in [0.5, 0.6) is 5.75 Å². The first kappa shape index (κ1) is 16.2. The molecule has 0 N–H and O–H groups in total. The van der Waals surface area contributed by atoms with Crippen molar-refractivity contribution in [2.45, 2.75) is 64.7 Å². The van der Waals surface area contributed by atoms with Crippen LogP contribution >= 0.6 is 0 Å². The van der Waals surface area contributed by atoms with E-state index in [0.29, 0.717) is 19.0 Å². The number of amides is 1. The predicted molar refractivity (Wildman–Crippen MR) is 89.5 cm³/mol. The third-order valence-electron chi connectivity index (χ3n) is 4.97. The van der Waals surface area contributed by atoms with Gasteiger partial charge in [-0.1, -0.05) is 31.4 Å². The van der Waals surface area contributed by atoms with Gasteiger partial charge in [0.15, 0.2) is 0 Å². The summed E-state index contributed by atoms with van der Waals surface area (Å²) in [5.74, 6) is 1.61. The van der Waals surface area contributed by atoms with Crippen LogP contribution in [0.1, 0.15) is 51.5 Å². The fourth-order valence-corrected chi connectivity index (χ4v) is 3.61. The Morgan fingerprint density at radius 2 is 1.91 bits per heavy atom. The number of cyclic esters (lactones) is 1. The van der Waals surface area contributed by atoms with Crippen molar-refractivity contribution in [2.24, 2.45) is 5.92 Å². The van der Waals surface area contributed by atoms with E-state index in [0.717, 1.165) is 11.3 Å². The van der Waals surface area contributed by atoms with Gasteiger partial charge in [0.2, 0.25) is 0 Å². The highest BCUT2D eigenvalue weighted by molar-refractivity contribution is 5.69. The maximum absolute atomic E-state index is 11.7. The topological polar surface area (TPSA) is 38.8 Å². The Morgan fingerprint density at radius 1 is 1.22 bits per heavy atom. The van der Waals surface area contributed by atoms with Gasteiger partial charge < -0.3 is 14.4 Å². The molecule has 1 aromatic carbocycles. The van der Waals surface area contributed by atoms with Gasteiger partial charge in [-0.25, -0.2) is 4.79 Å². The molecule has 23 heavy (non-hydrogen) atoms. The van der Waals surface area contributed by atoms with Crippen LogP contribution in [-0.2, 0) is 11.3 Å². The van der Waals surface area contributed by atoms with E-state index < -0.39 is 0 Å². The smallest absolute Gasteiger partial charge is 0.410 e. The Kier molecular flexibility index (Phi) is 5.09. The molecule has 1 amide bonds. The molecule has 1 aliphatic heterocycles. The van der Waals surface area contributed by atoms with Gasteiger partial charge in [-0.05, 0) is 50.3 Å². The largest absolute Gasteiger partial charge is 0.490 e. The maximum atomic E-state index is 11.7. The van der Waals surface area contributed by atoms with Gasteiger partial charge in [0.1, 0.15) is 11.9 Å². The van der Waals surface area contributed by atoms with Crippen molar-refractivity contribution in [2.75, 3.05) is 6.54 Å². The highest BCUT2D eigenvalue weighted by Gasteiger charge is 2.27. The van der Waals surface area contributed by atoms with Gasteiger partial charge in [-0.3, -0.25) is 0 Å². The zero-order valence-electron chi connectivity index (χ0n) is 14.2. The van der Waals surface area contributed by atoms with E-state index in [4.69, 9.17) is 9.47 Å². The monoisotopic (exact) mass is 317 g/mol. The molecule has 4 nitrogen and oxygen atoms in total. The van der Waals surface area contributed by atoms with Gasteiger partial charge in [0.25, 0.3) is 0 Å². The normalized spacial score (nSPS) is 23.7. The van der Waals surface area contributed by atoms with Crippen LogP contribution in [0.3, 0.4) is 0 Å². The maximum Gasteiger partial charge on any atom is 0.410 e. The lowest BCUT2D eigenvalue weighted by atomic mass is 9.86. The molecule has 1 heterocycles. The molecular weight excluding hydrogens is 290 g/mol. The van der Waals surface area contributed by atoms with E-state index in [2.05, 4.69) is 6.92 Å². The van der Waals surface area contributed by atoms with Crippen molar-refractivity contribution in [1.82, 2.24) is 4.90 Å². The third kappa shape index (κ3) is 4.18. The summed E-state index contributed by atoms with van der Waals surface area (Å²) in [7, 11) is 0. The number of carbonyl (C=O) groups excluding carboxylic acids is 1. The van der Waals surface area contributed by atoms with Gasteiger partial charge in [-0.15, -0.1) is 0 Å². The van der Waals surface area contributed by atoms with Crippen molar-refractivity contribution in [3.63, 3.8) is 0 Å². The SMILES string of the molecule is CC(Oc1ccc(CN2C[C@@H](C)OC2=O)cc1)C1CCCCC1. The van der Waals surface area contributed by atoms with Crippen LogP contribution < -0.4 is 4.74 Å². The van der Waals surface area contributed by atoms with Gasteiger partial charge in [-0.2, -0.15) is 0 Å². The van der Waals surface area contributed by atoms with E-state index in [1.807, 2.05) is 31.2 Å². The fourth-order valence-electron chi connectivity index (χ4n) is 3.61. The third-order valence-corrected chi connectivity index (χ3v) is 4.97. The minimum atomic E-state index is -0.219. The molecule has 2 atom stereocenters. The Balaban J connectivity index is 1.53. The van der Waals surface area contributed by atoms with E-state index in [1.165, 1.54) is 32.1 Å². The fraction of sp³-hybridized carbons (Fsp3) is 0.632. The van der Waals surface area contributed by atoms with Crippen LogP contribution in [0.2, 0.25) is 0 Å². The molecule has 2 fully saturated rings. The summed E-state index contributed by atoms with van der Waals surface area (Å²) in [6.07, 6.45) is 6.66. The van der Waals surface area contributed by atoms with Crippen LogP contribution in [0.15, 0.2) is 24.3 Å². The van der Waals surface area contributed by atoms with E-state index >= 15 is 0 Å². The Labute approximate surface area is 138 Å². The second kappa shape index (κ2) is 7.24. The summed E-state index contributed by atoms with van der Waals surface area (Å²) < 4.78 is 11.3. The number of carbonyl (C=O) groups is 1. The molecule has 1 aromatic rings. The summed E-state index contributed by atoms with van der Waals surface area (Å²) in [5, 5.41) is 0. The minimum Gasteiger partial charge on any atom is -0.490 e.